The molecule has 0 spiro atoms. The molecule has 1 fully saturated rings. The number of nitrogens with two attached hydrogens (primary N) is 1. The molecule has 3 atom stereocenters. The molecule has 1 aliphatic rings. The molecule has 0 heterocycles. The van der Waals surface area contributed by atoms with Crippen LogP contribution in [0.3, 0.4) is 0 Å². The van der Waals surface area contributed by atoms with Crippen molar-refractivity contribution < 1.29 is 9.13 Å². The van der Waals surface area contributed by atoms with E-state index in [1.807, 2.05) is 6.07 Å². The van der Waals surface area contributed by atoms with Crippen LogP contribution in [0.4, 0.5) is 4.39 Å². The molecule has 2 N–H and O–H groups in total. The van der Waals surface area contributed by atoms with Gasteiger partial charge < -0.3 is 10.5 Å². The average molecular weight is 237 g/mol. The van der Waals surface area contributed by atoms with Gasteiger partial charge in [-0.25, -0.2) is 4.39 Å². The van der Waals surface area contributed by atoms with Crippen molar-refractivity contribution in [2.45, 2.75) is 45.8 Å². The van der Waals surface area contributed by atoms with Gasteiger partial charge >= 0.3 is 0 Å². The van der Waals surface area contributed by atoms with E-state index in [1.54, 1.807) is 19.1 Å². The van der Waals surface area contributed by atoms with Gasteiger partial charge in [-0.2, -0.15) is 0 Å². The lowest BCUT2D eigenvalue weighted by Gasteiger charge is -2.51. The van der Waals surface area contributed by atoms with E-state index < -0.39 is 0 Å². The molecule has 1 aliphatic carbocycles. The van der Waals surface area contributed by atoms with Crippen molar-refractivity contribution in [1.82, 2.24) is 0 Å². The van der Waals surface area contributed by atoms with Crippen molar-refractivity contribution in [2.75, 3.05) is 0 Å². The summed E-state index contributed by atoms with van der Waals surface area (Å²) in [5.41, 5.74) is 6.59. The van der Waals surface area contributed by atoms with E-state index in [2.05, 4.69) is 13.8 Å². The van der Waals surface area contributed by atoms with Crippen LogP contribution < -0.4 is 10.5 Å². The Labute approximate surface area is 102 Å². The first-order valence-corrected chi connectivity index (χ1v) is 6.16. The molecule has 1 aromatic carbocycles. The van der Waals surface area contributed by atoms with Gasteiger partial charge in [-0.3, -0.25) is 0 Å². The third-order valence-electron chi connectivity index (χ3n) is 4.24. The molecule has 94 valence electrons. The van der Waals surface area contributed by atoms with Crippen molar-refractivity contribution in [3.8, 4) is 5.75 Å². The standard InChI is InChI=1S/C14H20FNO/c1-4-14(3)11(16)8-12(14)17-10-7-5-6-9(2)13(10)15/h5-7,11-12H,4,8,16H2,1-3H3. The van der Waals surface area contributed by atoms with Crippen LogP contribution in [0.1, 0.15) is 32.3 Å². The molecule has 1 aromatic rings. The maximum atomic E-state index is 13.8. The fraction of sp³-hybridized carbons (Fsp3) is 0.571. The number of hydrogen-bond donors (Lipinski definition) is 1. The molecular weight excluding hydrogens is 217 g/mol. The van der Waals surface area contributed by atoms with Crippen LogP contribution in [0.15, 0.2) is 18.2 Å². The van der Waals surface area contributed by atoms with Crippen LogP contribution in [0.25, 0.3) is 0 Å². The SMILES string of the molecule is CCC1(C)C(N)CC1Oc1cccc(C)c1F. The molecule has 3 heteroatoms. The Morgan fingerprint density at radius 2 is 2.24 bits per heavy atom. The van der Waals surface area contributed by atoms with Crippen molar-refractivity contribution in [3.63, 3.8) is 0 Å². The molecule has 0 radical (unpaired) electrons. The smallest absolute Gasteiger partial charge is 0.167 e. The zero-order valence-corrected chi connectivity index (χ0v) is 10.7. The van der Waals surface area contributed by atoms with Crippen molar-refractivity contribution in [1.29, 1.82) is 0 Å². The normalized spacial score (nSPS) is 32.1. The minimum absolute atomic E-state index is 0.0267. The van der Waals surface area contributed by atoms with Crippen molar-refractivity contribution >= 4 is 0 Å². The highest BCUT2D eigenvalue weighted by Crippen LogP contribution is 2.45. The zero-order chi connectivity index (χ0) is 12.6. The summed E-state index contributed by atoms with van der Waals surface area (Å²) >= 11 is 0. The monoisotopic (exact) mass is 237 g/mol. The molecule has 0 saturated heterocycles. The third kappa shape index (κ3) is 1.93. The number of benzene rings is 1. The summed E-state index contributed by atoms with van der Waals surface area (Å²) < 4.78 is 19.6. The molecule has 0 bridgehead atoms. The molecular formula is C14H20FNO. The highest BCUT2D eigenvalue weighted by atomic mass is 19.1. The summed E-state index contributed by atoms with van der Waals surface area (Å²) in [6, 6.07) is 5.40. The molecule has 2 rings (SSSR count). The highest BCUT2D eigenvalue weighted by molar-refractivity contribution is 5.31. The van der Waals surface area contributed by atoms with Crippen LogP contribution in [-0.4, -0.2) is 12.1 Å². The number of halogens is 1. The number of rotatable bonds is 3. The van der Waals surface area contributed by atoms with Crippen LogP contribution in [0.2, 0.25) is 0 Å². The lowest BCUT2D eigenvalue weighted by molar-refractivity contribution is -0.0577. The minimum Gasteiger partial charge on any atom is -0.487 e. The van der Waals surface area contributed by atoms with Gasteiger partial charge in [0.15, 0.2) is 11.6 Å². The van der Waals surface area contributed by atoms with Gasteiger partial charge in [0.05, 0.1) is 0 Å². The summed E-state index contributed by atoms with van der Waals surface area (Å²) in [5, 5.41) is 0. The maximum Gasteiger partial charge on any atom is 0.167 e. The predicted octanol–water partition coefficient (Wildman–Crippen LogP) is 3.03. The number of hydrogen-bond acceptors (Lipinski definition) is 2. The van der Waals surface area contributed by atoms with Crippen LogP contribution in [-0.2, 0) is 0 Å². The lowest BCUT2D eigenvalue weighted by Crippen LogP contribution is -2.61. The van der Waals surface area contributed by atoms with E-state index in [0.717, 1.165) is 12.8 Å². The molecule has 0 amide bonds. The van der Waals surface area contributed by atoms with Gasteiger partial charge in [-0.15, -0.1) is 0 Å². The summed E-state index contributed by atoms with van der Waals surface area (Å²) in [6.07, 6.45) is 1.78. The van der Waals surface area contributed by atoms with Gasteiger partial charge in [-0.1, -0.05) is 26.0 Å². The highest BCUT2D eigenvalue weighted by Gasteiger charge is 2.50. The molecule has 2 nitrogen and oxygen atoms in total. The van der Waals surface area contributed by atoms with E-state index in [1.165, 1.54) is 0 Å². The topological polar surface area (TPSA) is 35.2 Å². The number of aryl methyl sites for hydroxylation is 1. The first-order chi connectivity index (χ1) is 7.99. The van der Waals surface area contributed by atoms with E-state index in [4.69, 9.17) is 10.5 Å². The van der Waals surface area contributed by atoms with Gasteiger partial charge in [0.1, 0.15) is 6.10 Å². The molecule has 3 unspecified atom stereocenters. The second-order valence-electron chi connectivity index (χ2n) is 5.20. The summed E-state index contributed by atoms with van der Waals surface area (Å²) in [4.78, 5) is 0. The van der Waals surface area contributed by atoms with Gasteiger partial charge in [0, 0.05) is 17.9 Å². The predicted molar refractivity (Wildman–Crippen MR) is 66.5 cm³/mol. The fourth-order valence-corrected chi connectivity index (χ4v) is 2.38. The zero-order valence-electron chi connectivity index (χ0n) is 10.7. The number of ether oxygens (including phenoxy) is 1. The Morgan fingerprint density at radius 1 is 1.53 bits per heavy atom. The maximum absolute atomic E-state index is 13.8. The van der Waals surface area contributed by atoms with Gasteiger partial charge in [0.25, 0.3) is 0 Å². The molecule has 1 saturated carbocycles. The molecule has 0 aromatic heterocycles. The Bertz CT molecular complexity index is 421. The van der Waals surface area contributed by atoms with Crippen molar-refractivity contribution in [2.24, 2.45) is 11.1 Å². The van der Waals surface area contributed by atoms with Gasteiger partial charge in [-0.05, 0) is 25.0 Å². The molecule has 17 heavy (non-hydrogen) atoms. The van der Waals surface area contributed by atoms with E-state index >= 15 is 0 Å². The van der Waals surface area contributed by atoms with E-state index in [0.29, 0.717) is 11.3 Å². The third-order valence-corrected chi connectivity index (χ3v) is 4.24. The first-order valence-electron chi connectivity index (χ1n) is 6.16. The fourth-order valence-electron chi connectivity index (χ4n) is 2.38. The van der Waals surface area contributed by atoms with Crippen LogP contribution >= 0.6 is 0 Å². The largest absolute Gasteiger partial charge is 0.487 e. The minimum atomic E-state index is -0.258. The Balaban J connectivity index is 2.15. The van der Waals surface area contributed by atoms with Crippen LogP contribution in [0, 0.1) is 18.2 Å². The molecule has 0 aliphatic heterocycles. The second-order valence-corrected chi connectivity index (χ2v) is 5.20. The van der Waals surface area contributed by atoms with E-state index in [-0.39, 0.29) is 23.4 Å². The Hall–Kier alpha value is -1.09. The lowest BCUT2D eigenvalue weighted by atomic mass is 9.62. The Kier molecular flexibility index (Phi) is 3.13. The second kappa shape index (κ2) is 4.30. The quantitative estimate of drug-likeness (QED) is 0.877. The first kappa shape index (κ1) is 12.4. The van der Waals surface area contributed by atoms with Crippen LogP contribution in [0.5, 0.6) is 5.75 Å². The average Bonchev–Trinajstić information content (AvgIpc) is 2.33. The van der Waals surface area contributed by atoms with Crippen molar-refractivity contribution in [3.05, 3.63) is 29.6 Å². The van der Waals surface area contributed by atoms with Gasteiger partial charge in [0.2, 0.25) is 0 Å². The summed E-state index contributed by atoms with van der Waals surface area (Å²) in [6.45, 7) is 5.95. The Morgan fingerprint density at radius 3 is 2.82 bits per heavy atom. The summed E-state index contributed by atoms with van der Waals surface area (Å²) in [5.74, 6) is 0.0907. The summed E-state index contributed by atoms with van der Waals surface area (Å²) in [7, 11) is 0. The van der Waals surface area contributed by atoms with E-state index in [9.17, 15) is 4.39 Å².